The molecule has 0 N–H and O–H groups in total. The van der Waals surface area contributed by atoms with Gasteiger partial charge < -0.3 is 14.2 Å². The maximum absolute atomic E-state index is 13.1. The Morgan fingerprint density at radius 1 is 1.00 bits per heavy atom. The Hall–Kier alpha value is -3.27. The summed E-state index contributed by atoms with van der Waals surface area (Å²) in [5, 5.41) is 1.67. The molecule has 1 fully saturated rings. The van der Waals surface area contributed by atoms with E-state index >= 15 is 0 Å². The van der Waals surface area contributed by atoms with E-state index in [-0.39, 0.29) is 35.1 Å². The first-order valence-corrected chi connectivity index (χ1v) is 11.8. The highest BCUT2D eigenvalue weighted by atomic mass is 32.2. The third kappa shape index (κ3) is 4.75. The molecule has 0 radical (unpaired) electrons. The molecule has 1 aliphatic heterocycles. The van der Waals surface area contributed by atoms with Gasteiger partial charge in [-0.3, -0.25) is 4.79 Å². The lowest BCUT2D eigenvalue weighted by Gasteiger charge is -2.26. The number of esters is 1. The first-order valence-electron chi connectivity index (χ1n) is 10.4. The van der Waals surface area contributed by atoms with Crippen LogP contribution >= 0.6 is 0 Å². The molecule has 1 heterocycles. The number of hydrogen-bond acceptors (Lipinski definition) is 7. The van der Waals surface area contributed by atoms with Crippen LogP contribution in [-0.2, 0) is 19.5 Å². The fourth-order valence-corrected chi connectivity index (χ4v) is 5.28. The van der Waals surface area contributed by atoms with E-state index < -0.39 is 22.6 Å². The second-order valence-corrected chi connectivity index (χ2v) is 9.31. The standard InChI is InChI=1S/C24H23NO7S/c1-30-22-10-9-18(15-23(22)33(28,29)25-11-13-31-14-12-25)24(27)32-16-21(26)20-8-4-6-17-5-2-3-7-19(17)20/h2-10,15H,11-14,16H2,1H3. The second kappa shape index (κ2) is 9.70. The van der Waals surface area contributed by atoms with Crippen molar-refractivity contribution in [3.8, 4) is 5.75 Å². The number of hydrogen-bond donors (Lipinski definition) is 0. The van der Waals surface area contributed by atoms with Crippen molar-refractivity contribution < 1.29 is 32.2 Å². The minimum atomic E-state index is -3.91. The van der Waals surface area contributed by atoms with Gasteiger partial charge in [0.15, 0.2) is 6.61 Å². The van der Waals surface area contributed by atoms with Gasteiger partial charge in [-0.05, 0) is 29.0 Å². The summed E-state index contributed by atoms with van der Waals surface area (Å²) in [5.74, 6) is -1.04. The summed E-state index contributed by atoms with van der Waals surface area (Å²) in [7, 11) is -2.55. The number of nitrogens with zero attached hydrogens (tertiary/aromatic N) is 1. The lowest BCUT2D eigenvalue weighted by molar-refractivity contribution is 0.0475. The van der Waals surface area contributed by atoms with Crippen LogP contribution in [0.4, 0.5) is 0 Å². The van der Waals surface area contributed by atoms with E-state index in [1.165, 1.54) is 29.6 Å². The van der Waals surface area contributed by atoms with Crippen molar-refractivity contribution in [3.05, 3.63) is 71.8 Å². The molecule has 3 aromatic rings. The number of ether oxygens (including phenoxy) is 3. The molecule has 3 aromatic carbocycles. The van der Waals surface area contributed by atoms with Crippen LogP contribution in [0.15, 0.2) is 65.6 Å². The zero-order valence-electron chi connectivity index (χ0n) is 18.0. The lowest BCUT2D eigenvalue weighted by atomic mass is 10.0. The number of morpholine rings is 1. The molecule has 1 aliphatic rings. The van der Waals surface area contributed by atoms with E-state index in [1.807, 2.05) is 30.3 Å². The van der Waals surface area contributed by atoms with Crippen LogP contribution in [-0.4, -0.2) is 64.5 Å². The first-order chi connectivity index (χ1) is 15.9. The summed E-state index contributed by atoms with van der Waals surface area (Å²) in [5.41, 5.74) is 0.458. The highest BCUT2D eigenvalue weighted by molar-refractivity contribution is 7.89. The normalized spacial score (nSPS) is 14.7. The summed E-state index contributed by atoms with van der Waals surface area (Å²) >= 11 is 0. The number of benzene rings is 3. The largest absolute Gasteiger partial charge is 0.495 e. The molecule has 0 bridgehead atoms. The van der Waals surface area contributed by atoms with Crippen LogP contribution in [0.25, 0.3) is 10.8 Å². The van der Waals surface area contributed by atoms with Crippen LogP contribution in [0.5, 0.6) is 5.75 Å². The van der Waals surface area contributed by atoms with Crippen molar-refractivity contribution in [1.82, 2.24) is 4.31 Å². The summed E-state index contributed by atoms with van der Waals surface area (Å²) in [6, 6.07) is 16.8. The van der Waals surface area contributed by atoms with Crippen molar-refractivity contribution in [2.75, 3.05) is 40.0 Å². The Morgan fingerprint density at radius 3 is 2.48 bits per heavy atom. The van der Waals surface area contributed by atoms with Crippen molar-refractivity contribution in [2.24, 2.45) is 0 Å². The number of fused-ring (bicyclic) bond motifs is 1. The molecule has 1 saturated heterocycles. The number of carbonyl (C=O) groups is 2. The zero-order valence-corrected chi connectivity index (χ0v) is 18.8. The van der Waals surface area contributed by atoms with E-state index in [9.17, 15) is 18.0 Å². The molecular formula is C24H23NO7S. The van der Waals surface area contributed by atoms with E-state index in [1.54, 1.807) is 12.1 Å². The molecule has 0 atom stereocenters. The third-order valence-corrected chi connectivity index (χ3v) is 7.33. The number of ketones is 1. The molecule has 0 saturated carbocycles. The maximum atomic E-state index is 13.1. The van der Waals surface area contributed by atoms with Crippen LogP contribution in [0.1, 0.15) is 20.7 Å². The van der Waals surface area contributed by atoms with Gasteiger partial charge in [0.1, 0.15) is 10.6 Å². The maximum Gasteiger partial charge on any atom is 0.338 e. The summed E-state index contributed by atoms with van der Waals surface area (Å²) in [6.07, 6.45) is 0. The number of Topliss-reactive ketones (excluding diaryl/α,β-unsaturated/α-hetero) is 1. The smallest absolute Gasteiger partial charge is 0.338 e. The third-order valence-electron chi connectivity index (χ3n) is 5.41. The summed E-state index contributed by atoms with van der Waals surface area (Å²) < 4.78 is 43.1. The highest BCUT2D eigenvalue weighted by Crippen LogP contribution is 2.29. The Labute approximate surface area is 191 Å². The number of methoxy groups -OCH3 is 1. The van der Waals surface area contributed by atoms with E-state index in [4.69, 9.17) is 14.2 Å². The molecule has 4 rings (SSSR count). The number of carbonyl (C=O) groups excluding carboxylic acids is 2. The molecule has 0 aromatic heterocycles. The van der Waals surface area contributed by atoms with E-state index in [0.717, 1.165) is 10.8 Å². The topological polar surface area (TPSA) is 99.2 Å². The van der Waals surface area contributed by atoms with Crippen molar-refractivity contribution in [2.45, 2.75) is 4.90 Å². The molecule has 9 heteroatoms. The van der Waals surface area contributed by atoms with Gasteiger partial charge in [-0.25, -0.2) is 13.2 Å². The van der Waals surface area contributed by atoms with Crippen LogP contribution in [0.2, 0.25) is 0 Å². The van der Waals surface area contributed by atoms with Crippen molar-refractivity contribution in [3.63, 3.8) is 0 Å². The molecule has 33 heavy (non-hydrogen) atoms. The minimum Gasteiger partial charge on any atom is -0.495 e. The molecule has 0 unspecified atom stereocenters. The minimum absolute atomic E-state index is 0.00774. The average Bonchev–Trinajstić information content (AvgIpc) is 2.86. The SMILES string of the molecule is COc1ccc(C(=O)OCC(=O)c2cccc3ccccc23)cc1S(=O)(=O)N1CCOCC1. The quantitative estimate of drug-likeness (QED) is 0.388. The predicted octanol–water partition coefficient (Wildman–Crippen LogP) is 2.91. The van der Waals surface area contributed by atoms with Crippen LogP contribution in [0.3, 0.4) is 0 Å². The molecular weight excluding hydrogens is 446 g/mol. The molecule has 0 amide bonds. The Kier molecular flexibility index (Phi) is 6.73. The van der Waals surface area contributed by atoms with Gasteiger partial charge in [0.25, 0.3) is 0 Å². The van der Waals surface area contributed by atoms with Gasteiger partial charge in [0.05, 0.1) is 25.9 Å². The summed E-state index contributed by atoms with van der Waals surface area (Å²) in [6.45, 7) is 0.531. The average molecular weight is 470 g/mol. The van der Waals surface area contributed by atoms with Gasteiger partial charge in [-0.15, -0.1) is 0 Å². The van der Waals surface area contributed by atoms with Crippen molar-refractivity contribution >= 4 is 32.5 Å². The highest BCUT2D eigenvalue weighted by Gasteiger charge is 2.30. The Balaban J connectivity index is 1.54. The summed E-state index contributed by atoms with van der Waals surface area (Å²) in [4.78, 5) is 25.2. The van der Waals surface area contributed by atoms with Gasteiger partial charge in [-0.1, -0.05) is 42.5 Å². The second-order valence-electron chi connectivity index (χ2n) is 7.41. The first kappa shape index (κ1) is 22.9. The monoisotopic (exact) mass is 469 g/mol. The Bertz CT molecular complexity index is 1290. The number of sulfonamides is 1. The fraction of sp³-hybridized carbons (Fsp3) is 0.250. The van der Waals surface area contributed by atoms with E-state index in [2.05, 4.69) is 0 Å². The molecule has 0 spiro atoms. The van der Waals surface area contributed by atoms with Gasteiger partial charge in [0.2, 0.25) is 15.8 Å². The molecule has 172 valence electrons. The van der Waals surface area contributed by atoms with Crippen LogP contribution < -0.4 is 4.74 Å². The van der Waals surface area contributed by atoms with Gasteiger partial charge in [0, 0.05) is 18.7 Å². The van der Waals surface area contributed by atoms with E-state index in [0.29, 0.717) is 18.8 Å². The van der Waals surface area contributed by atoms with Crippen LogP contribution in [0, 0.1) is 0 Å². The number of rotatable bonds is 7. The van der Waals surface area contributed by atoms with Crippen molar-refractivity contribution in [1.29, 1.82) is 0 Å². The molecule has 0 aliphatic carbocycles. The molecule has 8 nitrogen and oxygen atoms in total. The fourth-order valence-electron chi connectivity index (χ4n) is 3.69. The lowest BCUT2D eigenvalue weighted by Crippen LogP contribution is -2.40. The van der Waals surface area contributed by atoms with Gasteiger partial charge in [-0.2, -0.15) is 4.31 Å². The predicted molar refractivity (Wildman–Crippen MR) is 121 cm³/mol. The zero-order chi connectivity index (χ0) is 23.4. The van der Waals surface area contributed by atoms with Gasteiger partial charge >= 0.3 is 5.97 Å². The Morgan fingerprint density at radius 2 is 1.73 bits per heavy atom.